The molecule has 0 atom stereocenters. The van der Waals surface area contributed by atoms with Crippen LogP contribution in [-0.2, 0) is 27.2 Å². The Hall–Kier alpha value is -7.42. The second-order valence-electron chi connectivity index (χ2n) is 16.4. The molecule has 1 fully saturated rings. The zero-order chi connectivity index (χ0) is 50.9. The summed E-state index contributed by atoms with van der Waals surface area (Å²) in [5.74, 6) is -2.09. The molecule has 0 aromatic heterocycles. The molecule has 4 aromatic carbocycles. The largest absolute Gasteiger partial charge is 0.505 e. The fraction of sp³-hybridized carbons (Fsp3) is 0.340. The average molecular weight is 963 g/mol. The molecule has 0 radical (unpaired) electrons. The maximum absolute atomic E-state index is 15.2. The summed E-state index contributed by atoms with van der Waals surface area (Å²) in [5.41, 5.74) is 2.31. The van der Waals surface area contributed by atoms with Crippen molar-refractivity contribution in [3.8, 4) is 11.5 Å². The third-order valence-electron chi connectivity index (χ3n) is 10.4. The van der Waals surface area contributed by atoms with Crippen LogP contribution in [0.2, 0.25) is 0 Å². The van der Waals surface area contributed by atoms with Gasteiger partial charge in [0.25, 0.3) is 11.6 Å². The van der Waals surface area contributed by atoms with Gasteiger partial charge in [0.1, 0.15) is 25.0 Å². The summed E-state index contributed by atoms with van der Waals surface area (Å²) in [4.78, 5) is 54.3. The number of isothiocyanates is 1. The van der Waals surface area contributed by atoms with E-state index in [1.165, 1.54) is 48.6 Å². The molecule has 1 N–H and O–H groups in total. The molecule has 3 amide bonds. The maximum atomic E-state index is 15.2. The molecule has 1 saturated heterocycles. The van der Waals surface area contributed by atoms with E-state index in [4.69, 9.17) is 41.4 Å². The Labute approximate surface area is 407 Å². The minimum Gasteiger partial charge on any atom is -0.505 e. The van der Waals surface area contributed by atoms with E-state index in [1.54, 1.807) is 44.8 Å². The number of ether oxygens (including phenoxy) is 2. The van der Waals surface area contributed by atoms with E-state index < -0.39 is 22.8 Å². The molecule has 0 saturated carbocycles. The Morgan fingerprint density at radius 3 is 1.88 bits per heavy atom. The van der Waals surface area contributed by atoms with Gasteiger partial charge in [0.05, 0.1) is 44.6 Å². The molecule has 1 aliphatic heterocycles. The summed E-state index contributed by atoms with van der Waals surface area (Å²) in [6, 6.07) is 21.2. The number of aryl methyl sites for hydroxylation is 2. The van der Waals surface area contributed by atoms with Crippen LogP contribution in [0.3, 0.4) is 0 Å². The summed E-state index contributed by atoms with van der Waals surface area (Å²) < 4.78 is 39.9. The van der Waals surface area contributed by atoms with Crippen LogP contribution in [0.15, 0.2) is 77.8 Å². The first-order valence-electron chi connectivity index (χ1n) is 21.0. The molecule has 4 aromatic rings. The van der Waals surface area contributed by atoms with Gasteiger partial charge >= 0.3 is 5.91 Å². The van der Waals surface area contributed by atoms with Gasteiger partial charge in [0.2, 0.25) is 17.3 Å². The molecule has 1 aliphatic rings. The number of aliphatic imine (C=N–C) groups is 1. The number of rotatable bonds is 15. The van der Waals surface area contributed by atoms with Gasteiger partial charge in [-0.1, -0.05) is 36.4 Å². The van der Waals surface area contributed by atoms with Crippen molar-refractivity contribution in [2.45, 2.75) is 77.4 Å². The quantitative estimate of drug-likeness (QED) is 0.0537. The predicted molar refractivity (Wildman–Crippen MR) is 270 cm³/mol. The van der Waals surface area contributed by atoms with Gasteiger partial charge < -0.3 is 24.6 Å². The van der Waals surface area contributed by atoms with Crippen molar-refractivity contribution in [3.05, 3.63) is 130 Å². The first-order chi connectivity index (χ1) is 32.1. The van der Waals surface area contributed by atoms with Crippen molar-refractivity contribution in [1.29, 1.82) is 0 Å². The Bertz CT molecular complexity index is 2700. The van der Waals surface area contributed by atoms with Crippen molar-refractivity contribution in [1.82, 2.24) is 4.90 Å². The normalized spacial score (nSPS) is 12.4. The zero-order valence-electron chi connectivity index (χ0n) is 39.6. The van der Waals surface area contributed by atoms with Crippen LogP contribution >= 0.6 is 24.4 Å². The number of halogens is 2. The van der Waals surface area contributed by atoms with Gasteiger partial charge in [-0.25, -0.2) is 29.8 Å². The van der Waals surface area contributed by atoms with Crippen LogP contribution in [0.5, 0.6) is 11.5 Å². The Morgan fingerprint density at radius 2 is 1.40 bits per heavy atom. The van der Waals surface area contributed by atoms with Gasteiger partial charge in [-0.3, -0.25) is 19.3 Å². The van der Waals surface area contributed by atoms with E-state index in [9.17, 15) is 18.8 Å². The van der Waals surface area contributed by atoms with E-state index in [1.807, 2.05) is 67.5 Å². The minimum atomic E-state index is -1.06. The number of nitrogens with one attached hydrogen (secondary N) is 1. The first kappa shape index (κ1) is 54.9. The highest BCUT2D eigenvalue weighted by Crippen LogP contribution is 2.42. The van der Waals surface area contributed by atoms with E-state index >= 15 is 4.39 Å². The molecule has 354 valence electrons. The average Bonchev–Trinajstić information content (AvgIpc) is 3.48. The molecule has 1 heterocycles. The van der Waals surface area contributed by atoms with Crippen molar-refractivity contribution in [2.75, 3.05) is 50.5 Å². The predicted octanol–water partition coefficient (Wildman–Crippen LogP) is 10.8. The van der Waals surface area contributed by atoms with Crippen molar-refractivity contribution in [3.63, 3.8) is 0 Å². The topological polar surface area (TPSA) is 120 Å². The molecule has 0 spiro atoms. The third kappa shape index (κ3) is 14.0. The highest BCUT2D eigenvalue weighted by Gasteiger charge is 2.51. The summed E-state index contributed by atoms with van der Waals surface area (Å²) in [6.45, 7) is 31.8. The minimum absolute atomic E-state index is 0.0142. The number of carbonyl (C=O) groups excluding carboxylic acids is 3. The van der Waals surface area contributed by atoms with Crippen LogP contribution in [0.1, 0.15) is 64.5 Å². The monoisotopic (exact) mass is 962 g/mol. The molecule has 0 bridgehead atoms. The maximum Gasteiger partial charge on any atom is 0.386 e. The summed E-state index contributed by atoms with van der Waals surface area (Å²) in [5, 5.41) is 5.35. The molecule has 68 heavy (non-hydrogen) atoms. The second-order valence-corrected chi connectivity index (χ2v) is 16.9. The number of amides is 3. The summed E-state index contributed by atoms with van der Waals surface area (Å²) in [7, 11) is 7.71. The summed E-state index contributed by atoms with van der Waals surface area (Å²) in [6.07, 6.45) is 4.16. The molecule has 5 rings (SSSR count). The van der Waals surface area contributed by atoms with Crippen LogP contribution < -0.4 is 24.6 Å². The van der Waals surface area contributed by atoms with Crippen LogP contribution in [0.25, 0.3) is 14.5 Å². The first-order valence-corrected chi connectivity index (χ1v) is 21.8. The van der Waals surface area contributed by atoms with Gasteiger partial charge in [-0.05, 0) is 111 Å². The third-order valence-corrected chi connectivity index (χ3v) is 10.8. The second kappa shape index (κ2) is 24.9. The molecule has 0 aliphatic carbocycles. The van der Waals surface area contributed by atoms with E-state index in [-0.39, 0.29) is 57.1 Å². The highest BCUT2D eigenvalue weighted by atomic mass is 32.1. The molecular formula is C50H54F2N9O5S2+. The Kier molecular flexibility index (Phi) is 20.1. The molecule has 0 unspecified atom stereocenters. The van der Waals surface area contributed by atoms with Crippen LogP contribution in [-0.4, -0.2) is 90.8 Å². The molecular weight excluding hydrogens is 909 g/mol. The van der Waals surface area contributed by atoms with E-state index in [2.05, 4.69) is 43.8 Å². The fourth-order valence-corrected chi connectivity index (χ4v) is 7.25. The van der Waals surface area contributed by atoms with Crippen molar-refractivity contribution in [2.24, 2.45) is 4.99 Å². The smallest absolute Gasteiger partial charge is 0.386 e. The number of hydrogen-bond acceptors (Lipinski definition) is 9. The number of methoxy groups -OCH3 is 2. The van der Waals surface area contributed by atoms with Crippen LogP contribution in [0, 0.1) is 31.4 Å². The van der Waals surface area contributed by atoms with Gasteiger partial charge in [-0.2, -0.15) is 9.57 Å². The van der Waals surface area contributed by atoms with Gasteiger partial charge in [-0.15, -0.1) is 0 Å². The van der Waals surface area contributed by atoms with Gasteiger partial charge in [0, 0.05) is 45.7 Å². The number of carbonyl (C=O) groups is 3. The SMILES string of the molecule is [C-]#[N+]C(C)(C)Nc1ccc(CCCC(=O)[N+](=C)C)cc1.[C-]#[N+]c1ccc(N2C(=O)C(C)(C)N(c3ccc(CCCC(=O)N(C)C)cc3)C2=S)c(F)c1OC.[C-]#[N+]c1ccc(N=C=S)c(F)c1OC. The fourth-order valence-electron chi connectivity index (χ4n) is 6.63. The number of hydrogen-bond donors (Lipinski definition) is 1. The highest BCUT2D eigenvalue weighted by molar-refractivity contribution is 7.81. The number of anilines is 3. The van der Waals surface area contributed by atoms with E-state index in [0.29, 0.717) is 18.5 Å². The number of benzene rings is 4. The zero-order valence-corrected chi connectivity index (χ0v) is 41.2. The van der Waals surface area contributed by atoms with Crippen LogP contribution in [0.4, 0.5) is 42.9 Å². The Balaban J connectivity index is 0.000000304. The lowest BCUT2D eigenvalue weighted by Crippen LogP contribution is -2.44. The number of nitrogens with zero attached hydrogens (tertiary/aromatic N) is 8. The summed E-state index contributed by atoms with van der Waals surface area (Å²) >= 11 is 9.98. The molecule has 18 heteroatoms. The lowest BCUT2D eigenvalue weighted by molar-refractivity contribution is -0.410. The van der Waals surface area contributed by atoms with Crippen molar-refractivity contribution >= 4 is 93.3 Å². The number of thiocarbonyl (C=S) groups is 2. The van der Waals surface area contributed by atoms with E-state index in [0.717, 1.165) is 41.8 Å². The molecule has 14 nitrogen and oxygen atoms in total. The lowest BCUT2D eigenvalue weighted by atomic mass is 10.0. The lowest BCUT2D eigenvalue weighted by Gasteiger charge is -2.29. The van der Waals surface area contributed by atoms with Crippen molar-refractivity contribution < 1.29 is 37.2 Å². The standard InChI is InChI=1S/C25H27FN4O3S.C16H22N3O.C9H5FN2OS/c1-25(2)23(32)29(19-15-14-18(27-3)22(33-6)21(19)26)24(34)30(25)17-12-10-16(11-13-17)8-7-9-20(31)28(4)5;1-16(2,17-3)18-14-11-9-13(10-12-14)7-6-8-15(20)19(4)5;1-11-7-4-3-6(12-5-14)8(10)9(7)13-2/h10-15H,7-9H2,1-2,4-6H3;9-12,18H,4,6-8H2,1-2,5H3;3-4H,2H3/q;+1;. The van der Waals surface area contributed by atoms with Gasteiger partial charge in [0.15, 0.2) is 28.2 Å². The Morgan fingerprint density at radius 1 is 0.882 bits per heavy atom.